The predicted octanol–water partition coefficient (Wildman–Crippen LogP) is 2.38. The van der Waals surface area contributed by atoms with Crippen LogP contribution < -0.4 is 0 Å². The second-order valence-corrected chi connectivity index (χ2v) is 5.56. The molecule has 0 radical (unpaired) electrons. The van der Waals surface area contributed by atoms with E-state index in [1.165, 1.54) is 12.1 Å². The van der Waals surface area contributed by atoms with Crippen LogP contribution in [0.5, 0.6) is 0 Å². The first-order chi connectivity index (χ1) is 10.9. The van der Waals surface area contributed by atoms with Crippen LogP contribution in [0.2, 0.25) is 0 Å². The van der Waals surface area contributed by atoms with Gasteiger partial charge in [-0.15, -0.1) is 0 Å². The van der Waals surface area contributed by atoms with E-state index in [4.69, 9.17) is 9.47 Å². The lowest BCUT2D eigenvalue weighted by Crippen LogP contribution is -2.36. The van der Waals surface area contributed by atoms with Crippen LogP contribution in [0.4, 0.5) is 9.18 Å². The van der Waals surface area contributed by atoms with Gasteiger partial charge in [0.05, 0.1) is 18.5 Å². The fourth-order valence-corrected chi connectivity index (χ4v) is 2.11. The topological polar surface area (TPSA) is 72.9 Å². The van der Waals surface area contributed by atoms with Gasteiger partial charge in [-0.25, -0.2) is 18.9 Å². The standard InChI is InChI=1S/C16H18FNO5/c1-10(2)13(9-14(19)18-7-8-22-16(18)21)23-15(20)11-3-5-12(17)6-4-11/h3-6,10,13H,7-9H2,1-2H3. The van der Waals surface area contributed by atoms with Crippen LogP contribution in [0.3, 0.4) is 0 Å². The van der Waals surface area contributed by atoms with E-state index in [1.54, 1.807) is 13.8 Å². The average molecular weight is 323 g/mol. The summed E-state index contributed by atoms with van der Waals surface area (Å²) >= 11 is 0. The summed E-state index contributed by atoms with van der Waals surface area (Å²) in [6.07, 6.45) is -1.48. The number of nitrogens with zero attached hydrogens (tertiary/aromatic N) is 1. The van der Waals surface area contributed by atoms with E-state index in [9.17, 15) is 18.8 Å². The molecule has 7 heteroatoms. The number of imide groups is 1. The van der Waals surface area contributed by atoms with Crippen molar-refractivity contribution in [2.75, 3.05) is 13.2 Å². The minimum atomic E-state index is -0.687. The van der Waals surface area contributed by atoms with Crippen molar-refractivity contribution < 1.29 is 28.2 Å². The van der Waals surface area contributed by atoms with Gasteiger partial charge < -0.3 is 9.47 Å². The molecule has 0 spiro atoms. The van der Waals surface area contributed by atoms with Crippen molar-refractivity contribution in [2.24, 2.45) is 5.92 Å². The summed E-state index contributed by atoms with van der Waals surface area (Å²) in [7, 11) is 0. The minimum absolute atomic E-state index is 0.111. The quantitative estimate of drug-likeness (QED) is 0.778. The molecule has 1 fully saturated rings. The molecular weight excluding hydrogens is 305 g/mol. The van der Waals surface area contributed by atoms with E-state index in [1.807, 2.05) is 0 Å². The van der Waals surface area contributed by atoms with Gasteiger partial charge in [0.1, 0.15) is 18.5 Å². The highest BCUT2D eigenvalue weighted by atomic mass is 19.1. The molecule has 0 N–H and O–H groups in total. The summed E-state index contributed by atoms with van der Waals surface area (Å²) in [6.45, 7) is 3.98. The first-order valence-electron chi connectivity index (χ1n) is 7.32. The molecule has 6 nitrogen and oxygen atoms in total. The van der Waals surface area contributed by atoms with Gasteiger partial charge in [0.2, 0.25) is 5.91 Å². The molecule has 0 saturated carbocycles. The molecule has 2 rings (SSSR count). The van der Waals surface area contributed by atoms with Crippen molar-refractivity contribution >= 4 is 18.0 Å². The van der Waals surface area contributed by atoms with Gasteiger partial charge in [-0.05, 0) is 30.2 Å². The third-order valence-corrected chi connectivity index (χ3v) is 3.52. The van der Waals surface area contributed by atoms with Crippen molar-refractivity contribution in [3.63, 3.8) is 0 Å². The first kappa shape index (κ1) is 16.9. The highest BCUT2D eigenvalue weighted by Gasteiger charge is 2.32. The molecule has 2 amide bonds. The van der Waals surface area contributed by atoms with Crippen molar-refractivity contribution in [2.45, 2.75) is 26.4 Å². The molecule has 1 aliphatic heterocycles. The second-order valence-electron chi connectivity index (χ2n) is 5.56. The van der Waals surface area contributed by atoms with Crippen LogP contribution in [-0.2, 0) is 14.3 Å². The number of amides is 2. The van der Waals surface area contributed by atoms with E-state index in [0.717, 1.165) is 17.0 Å². The number of hydrogen-bond donors (Lipinski definition) is 0. The van der Waals surface area contributed by atoms with Gasteiger partial charge in [-0.1, -0.05) is 13.8 Å². The Balaban J connectivity index is 2.01. The Morgan fingerprint density at radius 1 is 1.30 bits per heavy atom. The fourth-order valence-electron chi connectivity index (χ4n) is 2.11. The maximum atomic E-state index is 12.9. The number of cyclic esters (lactones) is 1. The van der Waals surface area contributed by atoms with Crippen LogP contribution in [0.15, 0.2) is 24.3 Å². The number of halogens is 1. The summed E-state index contributed by atoms with van der Waals surface area (Å²) in [5, 5.41) is 0. The smallest absolute Gasteiger partial charge is 0.416 e. The molecule has 1 atom stereocenters. The monoisotopic (exact) mass is 323 g/mol. The number of rotatable bonds is 5. The van der Waals surface area contributed by atoms with Crippen LogP contribution in [0.25, 0.3) is 0 Å². The molecule has 1 aromatic carbocycles. The Labute approximate surface area is 133 Å². The zero-order chi connectivity index (χ0) is 17.0. The number of benzene rings is 1. The number of carbonyl (C=O) groups excluding carboxylic acids is 3. The summed E-state index contributed by atoms with van der Waals surface area (Å²) in [4.78, 5) is 36.6. The Morgan fingerprint density at radius 3 is 2.48 bits per heavy atom. The van der Waals surface area contributed by atoms with E-state index in [2.05, 4.69) is 0 Å². The van der Waals surface area contributed by atoms with Gasteiger partial charge >= 0.3 is 12.1 Å². The largest absolute Gasteiger partial charge is 0.458 e. The van der Waals surface area contributed by atoms with Crippen molar-refractivity contribution in [1.29, 1.82) is 0 Å². The highest BCUT2D eigenvalue weighted by Crippen LogP contribution is 2.17. The molecule has 23 heavy (non-hydrogen) atoms. The highest BCUT2D eigenvalue weighted by molar-refractivity contribution is 5.93. The molecule has 1 aromatic rings. The number of carbonyl (C=O) groups is 3. The lowest BCUT2D eigenvalue weighted by molar-refractivity contribution is -0.130. The van der Waals surface area contributed by atoms with E-state index in [0.29, 0.717) is 0 Å². The Kier molecular flexibility index (Phi) is 5.31. The SMILES string of the molecule is CC(C)C(CC(=O)N1CCOC1=O)OC(=O)c1ccc(F)cc1. The van der Waals surface area contributed by atoms with Gasteiger partial charge in [0, 0.05) is 0 Å². The predicted molar refractivity (Wildman–Crippen MR) is 78.1 cm³/mol. The van der Waals surface area contributed by atoms with Crippen molar-refractivity contribution in [1.82, 2.24) is 4.90 Å². The maximum absolute atomic E-state index is 12.9. The summed E-state index contributed by atoms with van der Waals surface area (Å²) in [5.41, 5.74) is 0.199. The second kappa shape index (κ2) is 7.21. The zero-order valence-corrected chi connectivity index (χ0v) is 13.0. The van der Waals surface area contributed by atoms with Gasteiger partial charge in [-0.3, -0.25) is 4.79 Å². The Morgan fingerprint density at radius 2 is 1.96 bits per heavy atom. The Hall–Kier alpha value is -2.44. The third kappa shape index (κ3) is 4.28. The average Bonchev–Trinajstić information content (AvgIpc) is 2.93. The number of hydrogen-bond acceptors (Lipinski definition) is 5. The maximum Gasteiger partial charge on any atom is 0.416 e. The molecule has 1 heterocycles. The van der Waals surface area contributed by atoms with Gasteiger partial charge in [0.15, 0.2) is 0 Å². The summed E-state index contributed by atoms with van der Waals surface area (Å²) in [6, 6.07) is 4.95. The fraction of sp³-hybridized carbons (Fsp3) is 0.438. The number of ether oxygens (including phenoxy) is 2. The lowest BCUT2D eigenvalue weighted by Gasteiger charge is -2.22. The summed E-state index contributed by atoms with van der Waals surface area (Å²) < 4.78 is 22.9. The molecule has 0 aliphatic carbocycles. The van der Waals surface area contributed by atoms with E-state index >= 15 is 0 Å². The molecule has 0 aromatic heterocycles. The first-order valence-corrected chi connectivity index (χ1v) is 7.32. The lowest BCUT2D eigenvalue weighted by atomic mass is 10.0. The summed E-state index contributed by atoms with van der Waals surface area (Å²) in [5.74, 6) is -1.66. The zero-order valence-electron chi connectivity index (χ0n) is 13.0. The van der Waals surface area contributed by atoms with Crippen LogP contribution >= 0.6 is 0 Å². The van der Waals surface area contributed by atoms with E-state index in [-0.39, 0.29) is 31.1 Å². The molecule has 124 valence electrons. The van der Waals surface area contributed by atoms with E-state index < -0.39 is 29.9 Å². The van der Waals surface area contributed by atoms with Gasteiger partial charge in [-0.2, -0.15) is 0 Å². The minimum Gasteiger partial charge on any atom is -0.458 e. The van der Waals surface area contributed by atoms with Crippen molar-refractivity contribution in [3.05, 3.63) is 35.6 Å². The van der Waals surface area contributed by atoms with Crippen LogP contribution in [-0.4, -0.2) is 42.1 Å². The molecule has 1 aliphatic rings. The molecule has 0 bridgehead atoms. The van der Waals surface area contributed by atoms with Crippen LogP contribution in [0.1, 0.15) is 30.6 Å². The number of esters is 1. The van der Waals surface area contributed by atoms with Gasteiger partial charge in [0.25, 0.3) is 0 Å². The molecule has 1 saturated heterocycles. The Bertz CT molecular complexity index is 599. The molecule has 1 unspecified atom stereocenters. The normalized spacial score (nSPS) is 15.5. The van der Waals surface area contributed by atoms with Crippen molar-refractivity contribution in [3.8, 4) is 0 Å². The molecular formula is C16H18FNO5. The third-order valence-electron chi connectivity index (χ3n) is 3.52. The van der Waals surface area contributed by atoms with Crippen LogP contribution in [0, 0.1) is 11.7 Å².